The summed E-state index contributed by atoms with van der Waals surface area (Å²) in [5.74, 6) is -1.12. The largest absolute Gasteiger partial charge is 0.427 e. The molecule has 1 aromatic carbocycles. The van der Waals surface area contributed by atoms with E-state index < -0.39 is 17.9 Å². The second kappa shape index (κ2) is 8.06. The van der Waals surface area contributed by atoms with Gasteiger partial charge in [-0.05, 0) is 48.7 Å². The Morgan fingerprint density at radius 3 is 2.50 bits per heavy atom. The lowest BCUT2D eigenvalue weighted by molar-refractivity contribution is -0.140. The molecule has 2 fully saturated rings. The maximum Gasteiger partial charge on any atom is 0.308 e. The number of nitrogens with zero attached hydrogens (tertiary/aromatic N) is 3. The van der Waals surface area contributed by atoms with Gasteiger partial charge in [0.2, 0.25) is 11.8 Å². The molecule has 3 amide bonds. The lowest BCUT2D eigenvalue weighted by Gasteiger charge is -2.28. The van der Waals surface area contributed by atoms with Crippen molar-refractivity contribution < 1.29 is 23.9 Å². The molecular formula is C22H21N3O5. The fourth-order valence-electron chi connectivity index (χ4n) is 3.55. The summed E-state index contributed by atoms with van der Waals surface area (Å²) in [5.41, 5.74) is 1.18. The zero-order chi connectivity index (χ0) is 21.3. The fraction of sp³-hybridized carbons (Fsp3) is 0.318. The predicted octanol–water partition coefficient (Wildman–Crippen LogP) is 2.08. The minimum Gasteiger partial charge on any atom is -0.427 e. The summed E-state index contributed by atoms with van der Waals surface area (Å²) in [5, 5.41) is 0. The fourth-order valence-corrected chi connectivity index (χ4v) is 3.55. The number of benzene rings is 1. The molecule has 2 aromatic rings. The third-order valence-electron chi connectivity index (χ3n) is 5.14. The SMILES string of the molecule is CC(=O)Oc1ccc(N2C(=O)CC(N(Cc3cccnc3)C(=O)C3CC3)C2=O)cc1. The first-order chi connectivity index (χ1) is 14.4. The molecule has 2 aliphatic rings. The van der Waals surface area contributed by atoms with Gasteiger partial charge in [0, 0.05) is 31.8 Å². The minimum absolute atomic E-state index is 0.0662. The number of anilines is 1. The predicted molar refractivity (Wildman–Crippen MR) is 106 cm³/mol. The van der Waals surface area contributed by atoms with E-state index in [1.165, 1.54) is 24.0 Å². The molecule has 0 radical (unpaired) electrons. The van der Waals surface area contributed by atoms with Crippen LogP contribution in [0.4, 0.5) is 5.69 Å². The van der Waals surface area contributed by atoms with Crippen LogP contribution in [-0.2, 0) is 25.7 Å². The molecule has 0 bridgehead atoms. The number of ether oxygens (including phenoxy) is 1. The van der Waals surface area contributed by atoms with Gasteiger partial charge in [-0.25, -0.2) is 4.90 Å². The molecular weight excluding hydrogens is 386 g/mol. The molecule has 1 saturated carbocycles. The molecule has 1 atom stereocenters. The second-order valence-electron chi connectivity index (χ2n) is 7.48. The van der Waals surface area contributed by atoms with Crippen molar-refractivity contribution in [3.05, 3.63) is 54.4 Å². The van der Waals surface area contributed by atoms with Crippen LogP contribution in [0.15, 0.2) is 48.8 Å². The minimum atomic E-state index is -0.848. The molecule has 4 rings (SSSR count). The summed E-state index contributed by atoms with van der Waals surface area (Å²) in [4.78, 5) is 56.5. The number of esters is 1. The van der Waals surface area contributed by atoms with E-state index in [0.29, 0.717) is 11.4 Å². The molecule has 1 aliphatic carbocycles. The molecule has 1 saturated heterocycles. The third-order valence-corrected chi connectivity index (χ3v) is 5.14. The Kier molecular flexibility index (Phi) is 5.31. The second-order valence-corrected chi connectivity index (χ2v) is 7.48. The summed E-state index contributed by atoms with van der Waals surface area (Å²) in [6, 6.07) is 8.90. The zero-order valence-corrected chi connectivity index (χ0v) is 16.5. The number of aromatic nitrogens is 1. The Balaban J connectivity index is 1.57. The first kappa shape index (κ1) is 19.8. The van der Waals surface area contributed by atoms with E-state index >= 15 is 0 Å². The first-order valence-corrected chi connectivity index (χ1v) is 9.78. The van der Waals surface area contributed by atoms with Crippen LogP contribution in [0.1, 0.15) is 31.7 Å². The average molecular weight is 407 g/mol. The number of carbonyl (C=O) groups excluding carboxylic acids is 4. The Labute approximate surface area is 173 Å². The van der Waals surface area contributed by atoms with Gasteiger partial charge in [0.15, 0.2) is 0 Å². The maximum absolute atomic E-state index is 13.2. The molecule has 8 nitrogen and oxygen atoms in total. The highest BCUT2D eigenvalue weighted by atomic mass is 16.5. The highest BCUT2D eigenvalue weighted by Crippen LogP contribution is 2.35. The zero-order valence-electron chi connectivity index (χ0n) is 16.5. The van der Waals surface area contributed by atoms with Gasteiger partial charge in [-0.15, -0.1) is 0 Å². The summed E-state index contributed by atoms with van der Waals surface area (Å²) in [6.45, 7) is 1.52. The standard InChI is InChI=1S/C22H21N3O5/c1-14(26)30-18-8-6-17(7-9-18)25-20(27)11-19(22(25)29)24(21(28)16-4-5-16)13-15-3-2-10-23-12-15/h2-3,6-10,12,16,19H,4-5,11,13H2,1H3. The van der Waals surface area contributed by atoms with E-state index in [4.69, 9.17) is 4.74 Å². The van der Waals surface area contributed by atoms with Gasteiger partial charge in [-0.2, -0.15) is 0 Å². The van der Waals surface area contributed by atoms with Crippen molar-refractivity contribution in [2.75, 3.05) is 4.90 Å². The number of amides is 3. The smallest absolute Gasteiger partial charge is 0.308 e. The Morgan fingerprint density at radius 2 is 1.90 bits per heavy atom. The maximum atomic E-state index is 13.2. The van der Waals surface area contributed by atoms with Crippen LogP contribution in [0.3, 0.4) is 0 Å². The molecule has 1 unspecified atom stereocenters. The molecule has 1 aromatic heterocycles. The van der Waals surface area contributed by atoms with Gasteiger partial charge < -0.3 is 9.64 Å². The van der Waals surface area contributed by atoms with E-state index in [9.17, 15) is 19.2 Å². The number of carbonyl (C=O) groups is 4. The first-order valence-electron chi connectivity index (χ1n) is 9.78. The molecule has 0 spiro atoms. The summed E-state index contributed by atoms with van der Waals surface area (Å²) in [7, 11) is 0. The Bertz CT molecular complexity index is 986. The highest BCUT2D eigenvalue weighted by Gasteiger charge is 2.46. The van der Waals surface area contributed by atoms with Crippen molar-refractivity contribution in [2.24, 2.45) is 5.92 Å². The van der Waals surface area contributed by atoms with Crippen LogP contribution in [0, 0.1) is 5.92 Å². The molecule has 2 heterocycles. The normalized spacial score (nSPS) is 18.4. The van der Waals surface area contributed by atoms with Crippen molar-refractivity contribution in [3.8, 4) is 5.75 Å². The van der Waals surface area contributed by atoms with Gasteiger partial charge in [0.1, 0.15) is 11.8 Å². The number of imide groups is 1. The monoisotopic (exact) mass is 407 g/mol. The van der Waals surface area contributed by atoms with Crippen molar-refractivity contribution in [2.45, 2.75) is 38.8 Å². The van der Waals surface area contributed by atoms with Crippen LogP contribution < -0.4 is 9.64 Å². The topological polar surface area (TPSA) is 96.9 Å². The van der Waals surface area contributed by atoms with Gasteiger partial charge in [-0.1, -0.05) is 6.07 Å². The van der Waals surface area contributed by atoms with E-state index in [2.05, 4.69) is 4.98 Å². The average Bonchev–Trinajstić information content (AvgIpc) is 3.53. The van der Waals surface area contributed by atoms with Gasteiger partial charge in [0.05, 0.1) is 12.1 Å². The van der Waals surface area contributed by atoms with E-state index in [1.54, 1.807) is 30.6 Å². The molecule has 154 valence electrons. The highest BCUT2D eigenvalue weighted by molar-refractivity contribution is 6.23. The lowest BCUT2D eigenvalue weighted by atomic mass is 10.1. The van der Waals surface area contributed by atoms with E-state index in [0.717, 1.165) is 23.3 Å². The number of pyridine rings is 1. The van der Waals surface area contributed by atoms with Gasteiger partial charge in [-0.3, -0.25) is 24.2 Å². The number of hydrogen-bond donors (Lipinski definition) is 0. The summed E-state index contributed by atoms with van der Waals surface area (Å²) < 4.78 is 4.99. The van der Waals surface area contributed by atoms with Crippen molar-refractivity contribution >= 4 is 29.4 Å². The van der Waals surface area contributed by atoms with Crippen LogP contribution in [0.25, 0.3) is 0 Å². The van der Waals surface area contributed by atoms with Gasteiger partial charge in [0.25, 0.3) is 5.91 Å². The van der Waals surface area contributed by atoms with Crippen molar-refractivity contribution in [1.82, 2.24) is 9.88 Å². The number of rotatable bonds is 6. The van der Waals surface area contributed by atoms with Crippen LogP contribution in [0.2, 0.25) is 0 Å². The summed E-state index contributed by atoms with van der Waals surface area (Å²) >= 11 is 0. The third kappa shape index (κ3) is 4.07. The molecule has 1 aliphatic heterocycles. The summed E-state index contributed by atoms with van der Waals surface area (Å²) in [6.07, 6.45) is 4.84. The lowest BCUT2D eigenvalue weighted by Crippen LogP contribution is -2.45. The van der Waals surface area contributed by atoms with Crippen LogP contribution in [0.5, 0.6) is 5.75 Å². The van der Waals surface area contributed by atoms with Gasteiger partial charge >= 0.3 is 5.97 Å². The van der Waals surface area contributed by atoms with Crippen molar-refractivity contribution in [1.29, 1.82) is 0 Å². The quantitative estimate of drug-likeness (QED) is 0.413. The van der Waals surface area contributed by atoms with E-state index in [-0.39, 0.29) is 30.7 Å². The van der Waals surface area contributed by atoms with E-state index in [1.807, 2.05) is 6.07 Å². The molecule has 8 heteroatoms. The van der Waals surface area contributed by atoms with Crippen LogP contribution in [-0.4, -0.2) is 39.6 Å². The molecule has 0 N–H and O–H groups in total. The van der Waals surface area contributed by atoms with Crippen molar-refractivity contribution in [3.63, 3.8) is 0 Å². The van der Waals surface area contributed by atoms with Crippen LogP contribution >= 0.6 is 0 Å². The Morgan fingerprint density at radius 1 is 1.17 bits per heavy atom. The Hall–Kier alpha value is -3.55. The molecule has 30 heavy (non-hydrogen) atoms. The number of hydrogen-bond acceptors (Lipinski definition) is 6.